The third kappa shape index (κ3) is 2.90. The van der Waals surface area contributed by atoms with Crippen molar-refractivity contribution < 1.29 is 23.1 Å². The highest BCUT2D eigenvalue weighted by molar-refractivity contribution is 6.33. The minimum absolute atomic E-state index is 0.0832. The van der Waals surface area contributed by atoms with Crippen LogP contribution in [0.4, 0.5) is 8.78 Å². The van der Waals surface area contributed by atoms with Crippen LogP contribution in [0.25, 0.3) is 0 Å². The fraction of sp³-hybridized carbons (Fsp3) is 0.467. The van der Waals surface area contributed by atoms with Crippen molar-refractivity contribution in [1.29, 1.82) is 0 Å². The highest BCUT2D eigenvalue weighted by Gasteiger charge is 2.55. The summed E-state index contributed by atoms with van der Waals surface area (Å²) in [6.45, 7) is 1.94. The average Bonchev–Trinajstić information content (AvgIpc) is 2.90. The summed E-state index contributed by atoms with van der Waals surface area (Å²) >= 11 is 5.81. The van der Waals surface area contributed by atoms with Crippen LogP contribution in [-0.4, -0.2) is 36.6 Å². The molecule has 2 amide bonds. The zero-order chi connectivity index (χ0) is 16.7. The van der Waals surface area contributed by atoms with Crippen molar-refractivity contribution in [3.8, 4) is 0 Å². The molecule has 1 saturated heterocycles. The maximum atomic E-state index is 13.3. The molecule has 2 fully saturated rings. The van der Waals surface area contributed by atoms with Crippen LogP contribution < -0.4 is 10.6 Å². The number of nitrogens with one attached hydrogen (secondary N) is 2. The maximum Gasteiger partial charge on any atom is 0.253 e. The first-order chi connectivity index (χ1) is 10.9. The largest absolute Gasteiger partial charge is 0.376 e. The smallest absolute Gasteiger partial charge is 0.253 e. The first-order valence-electron chi connectivity index (χ1n) is 7.22. The molecule has 0 unspecified atom stereocenters. The molecule has 0 radical (unpaired) electrons. The molecule has 0 bridgehead atoms. The summed E-state index contributed by atoms with van der Waals surface area (Å²) < 4.78 is 32.0. The van der Waals surface area contributed by atoms with Crippen molar-refractivity contribution in [3.05, 3.63) is 34.4 Å². The minimum atomic E-state index is -1.14. The second kappa shape index (κ2) is 6.05. The Bertz CT molecular complexity index is 670. The Hall–Kier alpha value is -1.73. The van der Waals surface area contributed by atoms with E-state index in [4.69, 9.17) is 16.3 Å². The molecule has 124 valence electrons. The summed E-state index contributed by atoms with van der Waals surface area (Å²) in [6, 6.07) is 0.859. The van der Waals surface area contributed by atoms with Gasteiger partial charge in [-0.2, -0.15) is 0 Å². The number of fused-ring (bicyclic) bond motifs is 1. The van der Waals surface area contributed by atoms with Gasteiger partial charge in [-0.05, 0) is 18.6 Å². The lowest BCUT2D eigenvalue weighted by Crippen LogP contribution is -2.70. The van der Waals surface area contributed by atoms with Gasteiger partial charge < -0.3 is 15.4 Å². The van der Waals surface area contributed by atoms with E-state index in [2.05, 4.69) is 10.6 Å². The molecule has 1 aliphatic heterocycles. The third-order valence-electron chi connectivity index (χ3n) is 4.31. The Kier molecular flexibility index (Phi) is 4.25. The fourth-order valence-electron chi connectivity index (χ4n) is 3.24. The van der Waals surface area contributed by atoms with Gasteiger partial charge in [-0.3, -0.25) is 9.59 Å². The van der Waals surface area contributed by atoms with Crippen molar-refractivity contribution >= 4 is 23.4 Å². The Labute approximate surface area is 136 Å². The van der Waals surface area contributed by atoms with E-state index in [-0.39, 0.29) is 40.6 Å². The lowest BCUT2D eigenvalue weighted by Gasteiger charge is -2.47. The van der Waals surface area contributed by atoms with Crippen LogP contribution in [0, 0.1) is 17.6 Å². The lowest BCUT2D eigenvalue weighted by molar-refractivity contribution is -0.123. The SMILES string of the molecule is CC(=O)N[C@H]1[C@H](NC(=O)c2cc(F)c(F)cc2Cl)[C@@H]2CCO[C@@H]21. The van der Waals surface area contributed by atoms with Gasteiger partial charge in [0, 0.05) is 19.4 Å². The highest BCUT2D eigenvalue weighted by atomic mass is 35.5. The van der Waals surface area contributed by atoms with Crippen LogP contribution in [-0.2, 0) is 9.53 Å². The van der Waals surface area contributed by atoms with Crippen molar-refractivity contribution in [3.63, 3.8) is 0 Å². The number of ether oxygens (including phenoxy) is 1. The number of hydrogen-bond donors (Lipinski definition) is 2. The molecule has 1 aromatic carbocycles. The van der Waals surface area contributed by atoms with Gasteiger partial charge in [-0.1, -0.05) is 11.6 Å². The third-order valence-corrected chi connectivity index (χ3v) is 4.62. The average molecular weight is 345 g/mol. The van der Waals surface area contributed by atoms with Gasteiger partial charge in [0.05, 0.1) is 28.8 Å². The summed E-state index contributed by atoms with van der Waals surface area (Å²) in [5.74, 6) is -3.02. The van der Waals surface area contributed by atoms with Gasteiger partial charge in [0.2, 0.25) is 5.91 Å². The Morgan fingerprint density at radius 3 is 2.61 bits per heavy atom. The van der Waals surface area contributed by atoms with Crippen LogP contribution in [0.2, 0.25) is 5.02 Å². The van der Waals surface area contributed by atoms with Crippen LogP contribution >= 0.6 is 11.6 Å². The molecule has 1 heterocycles. The first-order valence-corrected chi connectivity index (χ1v) is 7.60. The van der Waals surface area contributed by atoms with Gasteiger partial charge in [0.1, 0.15) is 0 Å². The number of carbonyl (C=O) groups excluding carboxylic acids is 2. The van der Waals surface area contributed by atoms with E-state index in [9.17, 15) is 18.4 Å². The lowest BCUT2D eigenvalue weighted by atomic mass is 9.71. The second-order valence-electron chi connectivity index (χ2n) is 5.76. The van der Waals surface area contributed by atoms with Crippen molar-refractivity contribution in [2.24, 2.45) is 5.92 Å². The molecule has 0 spiro atoms. The highest BCUT2D eigenvalue weighted by Crippen LogP contribution is 2.39. The van der Waals surface area contributed by atoms with Crippen LogP contribution in [0.3, 0.4) is 0 Å². The van der Waals surface area contributed by atoms with Gasteiger partial charge in [-0.15, -0.1) is 0 Å². The predicted octanol–water partition coefficient (Wildman–Crippen LogP) is 1.64. The van der Waals surface area contributed by atoms with E-state index in [0.29, 0.717) is 6.61 Å². The van der Waals surface area contributed by atoms with E-state index >= 15 is 0 Å². The Balaban J connectivity index is 1.76. The summed E-state index contributed by atoms with van der Waals surface area (Å²) in [6.07, 6.45) is 0.627. The molecule has 3 rings (SSSR count). The van der Waals surface area contributed by atoms with Crippen molar-refractivity contribution in [1.82, 2.24) is 10.6 Å². The standard InChI is InChI=1S/C15H15ClF2N2O3/c1-6(21)19-13-12(7-2-3-23-14(7)13)20-15(22)8-4-10(17)11(18)5-9(8)16/h4-5,7,12-14H,2-3H2,1H3,(H,19,21)(H,20,22)/t7-,12+,13-,14-/m0/s1. The van der Waals surface area contributed by atoms with E-state index in [0.717, 1.165) is 18.6 Å². The summed E-state index contributed by atoms with van der Waals surface area (Å²) in [7, 11) is 0. The molecule has 2 aliphatic rings. The normalized spacial score (nSPS) is 28.7. The van der Waals surface area contributed by atoms with E-state index in [1.165, 1.54) is 6.92 Å². The van der Waals surface area contributed by atoms with E-state index in [1.54, 1.807) is 0 Å². The number of rotatable bonds is 3. The molecule has 1 aromatic rings. The minimum Gasteiger partial charge on any atom is -0.376 e. The topological polar surface area (TPSA) is 67.4 Å². The molecule has 0 aromatic heterocycles. The van der Waals surface area contributed by atoms with Crippen molar-refractivity contribution in [2.75, 3.05) is 6.61 Å². The van der Waals surface area contributed by atoms with Gasteiger partial charge in [0.15, 0.2) is 11.6 Å². The summed E-state index contributed by atoms with van der Waals surface area (Å²) in [5, 5.41) is 5.32. The molecule has 1 saturated carbocycles. The molecule has 23 heavy (non-hydrogen) atoms. The molecule has 2 N–H and O–H groups in total. The molecule has 8 heteroatoms. The number of amides is 2. The number of benzene rings is 1. The van der Waals surface area contributed by atoms with Crippen LogP contribution in [0.1, 0.15) is 23.7 Å². The number of halogens is 3. The summed E-state index contributed by atoms with van der Waals surface area (Å²) in [5.41, 5.74) is -0.144. The van der Waals surface area contributed by atoms with Gasteiger partial charge >= 0.3 is 0 Å². The monoisotopic (exact) mass is 344 g/mol. The maximum absolute atomic E-state index is 13.3. The zero-order valence-electron chi connectivity index (χ0n) is 12.2. The Morgan fingerprint density at radius 2 is 1.91 bits per heavy atom. The van der Waals surface area contributed by atoms with E-state index < -0.39 is 17.5 Å². The number of hydrogen-bond acceptors (Lipinski definition) is 3. The number of carbonyl (C=O) groups is 2. The van der Waals surface area contributed by atoms with Gasteiger partial charge in [0.25, 0.3) is 5.91 Å². The molecule has 1 aliphatic carbocycles. The molecule has 4 atom stereocenters. The van der Waals surface area contributed by atoms with Gasteiger partial charge in [-0.25, -0.2) is 8.78 Å². The fourth-order valence-corrected chi connectivity index (χ4v) is 3.47. The van der Waals surface area contributed by atoms with Crippen molar-refractivity contribution in [2.45, 2.75) is 31.5 Å². The van der Waals surface area contributed by atoms with Crippen LogP contribution in [0.5, 0.6) is 0 Å². The second-order valence-corrected chi connectivity index (χ2v) is 6.17. The zero-order valence-corrected chi connectivity index (χ0v) is 13.0. The summed E-state index contributed by atoms with van der Waals surface area (Å²) in [4.78, 5) is 23.6. The molecular formula is C15H15ClF2N2O3. The molecule has 5 nitrogen and oxygen atoms in total. The van der Waals surface area contributed by atoms with Crippen LogP contribution in [0.15, 0.2) is 12.1 Å². The van der Waals surface area contributed by atoms with E-state index in [1.807, 2.05) is 0 Å². The first kappa shape index (κ1) is 16.1. The quantitative estimate of drug-likeness (QED) is 0.819. The predicted molar refractivity (Wildman–Crippen MR) is 78.1 cm³/mol. The Morgan fingerprint density at radius 1 is 1.22 bits per heavy atom. The molecular weight excluding hydrogens is 330 g/mol.